The van der Waals surface area contributed by atoms with Crippen LogP contribution in [0.2, 0.25) is 5.02 Å². The third-order valence-corrected chi connectivity index (χ3v) is 3.47. The average molecular weight is 278 g/mol. The van der Waals surface area contributed by atoms with E-state index in [9.17, 15) is 0 Å². The number of pyridine rings is 1. The van der Waals surface area contributed by atoms with Gasteiger partial charge in [0.05, 0.1) is 5.52 Å². The van der Waals surface area contributed by atoms with Gasteiger partial charge in [-0.3, -0.25) is 4.98 Å². The summed E-state index contributed by atoms with van der Waals surface area (Å²) in [7, 11) is 4.11. The Hall–Kier alpha value is -1.32. The molecule has 0 saturated heterocycles. The first-order chi connectivity index (χ1) is 9.11. The number of nitrogens with one attached hydrogen (secondary N) is 1. The molecule has 0 bridgehead atoms. The van der Waals surface area contributed by atoms with Crippen LogP contribution >= 0.6 is 11.6 Å². The molecule has 0 aliphatic rings. The minimum absolute atomic E-state index is 0.588. The Labute approximate surface area is 119 Å². The number of hydrogen-bond acceptors (Lipinski definition) is 3. The Morgan fingerprint density at radius 1 is 1.37 bits per heavy atom. The molecule has 2 rings (SSSR count). The molecule has 0 aliphatic heterocycles. The molecule has 1 N–H and O–H groups in total. The van der Waals surface area contributed by atoms with E-state index in [0.29, 0.717) is 5.92 Å². The molecule has 4 heteroatoms. The van der Waals surface area contributed by atoms with Crippen molar-refractivity contribution in [2.24, 2.45) is 5.92 Å². The van der Waals surface area contributed by atoms with Crippen molar-refractivity contribution in [3.8, 4) is 0 Å². The van der Waals surface area contributed by atoms with Gasteiger partial charge in [0.15, 0.2) is 0 Å². The summed E-state index contributed by atoms with van der Waals surface area (Å²) in [6.45, 7) is 4.26. The van der Waals surface area contributed by atoms with Crippen LogP contribution in [0.4, 0.5) is 5.69 Å². The minimum atomic E-state index is 0.588. The van der Waals surface area contributed by atoms with Gasteiger partial charge in [0.2, 0.25) is 0 Å². The molecule has 0 amide bonds. The lowest BCUT2D eigenvalue weighted by Crippen LogP contribution is -2.29. The number of nitrogens with zero attached hydrogens (tertiary/aromatic N) is 2. The molecule has 0 spiro atoms. The minimum Gasteiger partial charge on any atom is -0.374 e. The lowest BCUT2D eigenvalue weighted by molar-refractivity contribution is 0.543. The van der Waals surface area contributed by atoms with Crippen LogP contribution in [-0.2, 0) is 0 Å². The van der Waals surface area contributed by atoms with Crippen LogP contribution in [0.5, 0.6) is 0 Å². The molecule has 0 fully saturated rings. The highest BCUT2D eigenvalue weighted by Crippen LogP contribution is 2.27. The topological polar surface area (TPSA) is 28.2 Å². The molecule has 102 valence electrons. The van der Waals surface area contributed by atoms with Crippen LogP contribution in [0.1, 0.15) is 6.92 Å². The number of halogens is 1. The summed E-state index contributed by atoms with van der Waals surface area (Å²) in [5.41, 5.74) is 2.14. The first-order valence-corrected chi connectivity index (χ1v) is 6.89. The van der Waals surface area contributed by atoms with E-state index < -0.39 is 0 Å². The second kappa shape index (κ2) is 6.22. The second-order valence-electron chi connectivity index (χ2n) is 5.03. The van der Waals surface area contributed by atoms with Crippen molar-refractivity contribution in [2.75, 3.05) is 32.1 Å². The maximum atomic E-state index is 6.01. The number of fused-ring (bicyclic) bond motifs is 1. The molecular formula is C15H20ClN3. The molecule has 0 radical (unpaired) electrons. The van der Waals surface area contributed by atoms with Crippen molar-refractivity contribution in [3.63, 3.8) is 0 Å². The van der Waals surface area contributed by atoms with Crippen LogP contribution in [-0.4, -0.2) is 32.2 Å². The highest BCUT2D eigenvalue weighted by molar-refractivity contribution is 6.31. The van der Waals surface area contributed by atoms with Gasteiger partial charge >= 0.3 is 0 Å². The lowest BCUT2D eigenvalue weighted by atomic mass is 10.1. The zero-order chi connectivity index (χ0) is 13.8. The molecule has 1 atom stereocenters. The van der Waals surface area contributed by atoms with E-state index >= 15 is 0 Å². The van der Waals surface area contributed by atoms with E-state index in [1.165, 1.54) is 5.69 Å². The first kappa shape index (κ1) is 14.1. The van der Waals surface area contributed by atoms with Crippen molar-refractivity contribution in [2.45, 2.75) is 6.92 Å². The Morgan fingerprint density at radius 2 is 2.16 bits per heavy atom. The standard InChI is InChI=1S/C15H20ClN3/c1-11(9-17-2)10-19(3)15-6-7-18-14-8-12(16)4-5-13(14)15/h4-8,11,17H,9-10H2,1-3H3. The maximum absolute atomic E-state index is 6.01. The quantitative estimate of drug-likeness (QED) is 0.910. The fourth-order valence-electron chi connectivity index (χ4n) is 2.42. The van der Waals surface area contributed by atoms with Crippen LogP contribution < -0.4 is 10.2 Å². The molecule has 2 aromatic rings. The van der Waals surface area contributed by atoms with Crippen molar-refractivity contribution in [3.05, 3.63) is 35.5 Å². The van der Waals surface area contributed by atoms with Crippen molar-refractivity contribution >= 4 is 28.2 Å². The molecule has 1 unspecified atom stereocenters. The van der Waals surface area contributed by atoms with Gasteiger partial charge in [-0.05, 0) is 43.8 Å². The third-order valence-electron chi connectivity index (χ3n) is 3.23. The van der Waals surface area contributed by atoms with Crippen LogP contribution in [0.15, 0.2) is 30.5 Å². The summed E-state index contributed by atoms with van der Waals surface area (Å²) in [5, 5.41) is 5.08. The van der Waals surface area contributed by atoms with E-state index in [0.717, 1.165) is 29.0 Å². The summed E-state index contributed by atoms with van der Waals surface area (Å²) >= 11 is 6.01. The second-order valence-corrected chi connectivity index (χ2v) is 5.47. The highest BCUT2D eigenvalue weighted by Gasteiger charge is 2.10. The molecular weight excluding hydrogens is 258 g/mol. The number of rotatable bonds is 5. The number of hydrogen-bond donors (Lipinski definition) is 1. The summed E-state index contributed by atoms with van der Waals surface area (Å²) in [6.07, 6.45) is 1.84. The molecule has 1 heterocycles. The smallest absolute Gasteiger partial charge is 0.0737 e. The molecule has 19 heavy (non-hydrogen) atoms. The van der Waals surface area contributed by atoms with Gasteiger partial charge in [-0.2, -0.15) is 0 Å². The summed E-state index contributed by atoms with van der Waals surface area (Å²) in [4.78, 5) is 6.65. The Bertz CT molecular complexity index is 556. The Balaban J connectivity index is 2.29. The summed E-state index contributed by atoms with van der Waals surface area (Å²) in [6, 6.07) is 7.92. The molecule has 3 nitrogen and oxygen atoms in total. The molecule has 0 aliphatic carbocycles. The Morgan fingerprint density at radius 3 is 2.89 bits per heavy atom. The van der Waals surface area contributed by atoms with Gasteiger partial charge in [0.25, 0.3) is 0 Å². The van der Waals surface area contributed by atoms with Gasteiger partial charge in [-0.15, -0.1) is 0 Å². The van der Waals surface area contributed by atoms with Gasteiger partial charge < -0.3 is 10.2 Å². The van der Waals surface area contributed by atoms with Crippen LogP contribution in [0.25, 0.3) is 10.9 Å². The predicted molar refractivity (Wildman–Crippen MR) is 83.1 cm³/mol. The first-order valence-electron chi connectivity index (χ1n) is 6.52. The van der Waals surface area contributed by atoms with Gasteiger partial charge in [-0.1, -0.05) is 18.5 Å². The van der Waals surface area contributed by atoms with E-state index in [4.69, 9.17) is 11.6 Å². The monoisotopic (exact) mass is 277 g/mol. The summed E-state index contributed by atoms with van der Waals surface area (Å²) in [5.74, 6) is 0.588. The predicted octanol–water partition coefficient (Wildman–Crippen LogP) is 3.18. The van der Waals surface area contributed by atoms with Gasteiger partial charge in [0, 0.05) is 35.9 Å². The van der Waals surface area contributed by atoms with E-state index in [1.54, 1.807) is 0 Å². The van der Waals surface area contributed by atoms with Gasteiger partial charge in [-0.25, -0.2) is 0 Å². The van der Waals surface area contributed by atoms with E-state index in [2.05, 4.69) is 35.2 Å². The van der Waals surface area contributed by atoms with Crippen molar-refractivity contribution in [1.29, 1.82) is 0 Å². The zero-order valence-electron chi connectivity index (χ0n) is 11.7. The van der Waals surface area contributed by atoms with Crippen molar-refractivity contribution in [1.82, 2.24) is 10.3 Å². The molecule has 1 aromatic heterocycles. The fraction of sp³-hybridized carbons (Fsp3) is 0.400. The zero-order valence-corrected chi connectivity index (χ0v) is 12.4. The van der Waals surface area contributed by atoms with Crippen LogP contribution in [0, 0.1) is 5.92 Å². The Kier molecular flexibility index (Phi) is 4.61. The van der Waals surface area contributed by atoms with E-state index in [1.807, 2.05) is 31.4 Å². The normalized spacial score (nSPS) is 12.6. The average Bonchev–Trinajstić information content (AvgIpc) is 2.37. The molecule has 0 saturated carbocycles. The number of anilines is 1. The number of aromatic nitrogens is 1. The highest BCUT2D eigenvalue weighted by atomic mass is 35.5. The largest absolute Gasteiger partial charge is 0.374 e. The third kappa shape index (κ3) is 3.37. The van der Waals surface area contributed by atoms with Gasteiger partial charge in [0.1, 0.15) is 0 Å². The molecule has 1 aromatic carbocycles. The van der Waals surface area contributed by atoms with E-state index in [-0.39, 0.29) is 0 Å². The SMILES string of the molecule is CNCC(C)CN(C)c1ccnc2cc(Cl)ccc12. The lowest BCUT2D eigenvalue weighted by Gasteiger charge is -2.24. The summed E-state index contributed by atoms with van der Waals surface area (Å²) < 4.78 is 0. The maximum Gasteiger partial charge on any atom is 0.0737 e. The van der Waals surface area contributed by atoms with Crippen molar-refractivity contribution < 1.29 is 0 Å². The van der Waals surface area contributed by atoms with Crippen LogP contribution in [0.3, 0.4) is 0 Å². The number of benzene rings is 1. The fourth-order valence-corrected chi connectivity index (χ4v) is 2.58.